The minimum Gasteiger partial charge on any atom is -0.305 e. The van der Waals surface area contributed by atoms with Crippen LogP contribution in [0.1, 0.15) is 41.3 Å². The average Bonchev–Trinajstić information content (AvgIpc) is 2.99. The molecule has 7 heteroatoms. The maximum absolute atomic E-state index is 6.40. The quantitative estimate of drug-likeness (QED) is 0.581. The van der Waals surface area contributed by atoms with Crippen LogP contribution in [0.3, 0.4) is 0 Å². The van der Waals surface area contributed by atoms with Crippen LogP contribution >= 0.6 is 23.2 Å². The molecule has 3 aromatic rings. The van der Waals surface area contributed by atoms with Crippen LogP contribution in [-0.2, 0) is 13.1 Å². The Labute approximate surface area is 182 Å². The number of aryl methyl sites for hydroxylation is 1. The van der Waals surface area contributed by atoms with E-state index in [4.69, 9.17) is 28.3 Å². The fraction of sp³-hybridized carbons (Fsp3) is 0.455. The van der Waals surface area contributed by atoms with Crippen molar-refractivity contribution < 1.29 is 0 Å². The van der Waals surface area contributed by atoms with Crippen molar-refractivity contribution in [2.45, 2.75) is 38.8 Å². The van der Waals surface area contributed by atoms with E-state index in [9.17, 15) is 0 Å². The van der Waals surface area contributed by atoms with Crippen molar-refractivity contribution in [1.29, 1.82) is 0 Å². The van der Waals surface area contributed by atoms with Gasteiger partial charge in [-0.1, -0.05) is 29.3 Å². The summed E-state index contributed by atoms with van der Waals surface area (Å²) in [5, 5.41) is 6.26. The summed E-state index contributed by atoms with van der Waals surface area (Å²) in [5.41, 5.74) is 5.61. The zero-order chi connectivity index (χ0) is 20.5. The number of fused-ring (bicyclic) bond motifs is 1. The predicted molar refractivity (Wildman–Crippen MR) is 119 cm³/mol. The molecule has 154 valence electrons. The van der Waals surface area contributed by atoms with Crippen LogP contribution in [0.4, 0.5) is 0 Å². The third-order valence-electron chi connectivity index (χ3n) is 5.65. The summed E-state index contributed by atoms with van der Waals surface area (Å²) in [7, 11) is 4.15. The van der Waals surface area contributed by atoms with E-state index in [0.29, 0.717) is 10.9 Å². The van der Waals surface area contributed by atoms with Crippen molar-refractivity contribution in [1.82, 2.24) is 24.4 Å². The summed E-state index contributed by atoms with van der Waals surface area (Å²) in [6.45, 7) is 5.82. The lowest BCUT2D eigenvalue weighted by Crippen LogP contribution is -2.34. The summed E-state index contributed by atoms with van der Waals surface area (Å²) in [6, 6.07) is 7.89. The molecule has 0 aliphatic carbocycles. The molecule has 4 rings (SSSR count). The number of benzene rings is 1. The van der Waals surface area contributed by atoms with Gasteiger partial charge in [0, 0.05) is 47.4 Å². The molecule has 1 aliphatic rings. The van der Waals surface area contributed by atoms with Crippen LogP contribution in [-0.4, -0.2) is 51.6 Å². The molecule has 1 fully saturated rings. The van der Waals surface area contributed by atoms with E-state index in [0.717, 1.165) is 60.9 Å². The van der Waals surface area contributed by atoms with Gasteiger partial charge in [-0.3, -0.25) is 4.90 Å². The van der Waals surface area contributed by atoms with Crippen molar-refractivity contribution in [3.8, 4) is 0 Å². The molecule has 2 aromatic heterocycles. The van der Waals surface area contributed by atoms with Gasteiger partial charge in [-0.15, -0.1) is 0 Å². The second-order valence-electron chi connectivity index (χ2n) is 8.22. The zero-order valence-electron chi connectivity index (χ0n) is 17.2. The molecule has 1 aromatic carbocycles. The van der Waals surface area contributed by atoms with Crippen LogP contribution in [0.15, 0.2) is 30.5 Å². The molecular formula is C22H27Cl2N5. The number of piperidine rings is 1. The van der Waals surface area contributed by atoms with Gasteiger partial charge in [0.05, 0.1) is 11.4 Å². The zero-order valence-corrected chi connectivity index (χ0v) is 18.7. The van der Waals surface area contributed by atoms with Gasteiger partial charge < -0.3 is 4.90 Å². The molecule has 3 heterocycles. The first-order valence-corrected chi connectivity index (χ1v) is 10.8. The Balaban J connectivity index is 1.59. The molecule has 1 saturated heterocycles. The Kier molecular flexibility index (Phi) is 6.11. The van der Waals surface area contributed by atoms with Crippen LogP contribution in [0.2, 0.25) is 10.0 Å². The summed E-state index contributed by atoms with van der Waals surface area (Å²) >= 11 is 12.5. The molecule has 29 heavy (non-hydrogen) atoms. The minimum absolute atomic E-state index is 0.423. The highest BCUT2D eigenvalue weighted by atomic mass is 35.5. The van der Waals surface area contributed by atoms with Crippen molar-refractivity contribution >= 4 is 28.8 Å². The number of likely N-dealkylation sites (tertiary alicyclic amines) is 1. The van der Waals surface area contributed by atoms with Gasteiger partial charge in [0.2, 0.25) is 0 Å². The van der Waals surface area contributed by atoms with Gasteiger partial charge in [0.15, 0.2) is 5.65 Å². The van der Waals surface area contributed by atoms with E-state index in [1.807, 2.05) is 24.4 Å². The largest absolute Gasteiger partial charge is 0.305 e. The molecule has 5 nitrogen and oxygen atoms in total. The second kappa shape index (κ2) is 8.60. The average molecular weight is 432 g/mol. The Morgan fingerprint density at radius 1 is 1.21 bits per heavy atom. The fourth-order valence-electron chi connectivity index (χ4n) is 4.26. The predicted octanol–water partition coefficient (Wildman–Crippen LogP) is 4.79. The van der Waals surface area contributed by atoms with Crippen molar-refractivity contribution in [3.05, 3.63) is 63.0 Å². The van der Waals surface area contributed by atoms with Crippen LogP contribution in [0.5, 0.6) is 0 Å². The number of aromatic nitrogens is 3. The number of halogens is 2. The molecule has 1 atom stereocenters. The molecular weight excluding hydrogens is 405 g/mol. The number of rotatable bonds is 5. The summed E-state index contributed by atoms with van der Waals surface area (Å²) < 4.78 is 2.07. The Morgan fingerprint density at radius 3 is 2.79 bits per heavy atom. The Morgan fingerprint density at radius 2 is 2.03 bits per heavy atom. The molecule has 0 bridgehead atoms. The van der Waals surface area contributed by atoms with E-state index < -0.39 is 0 Å². The first kappa shape index (κ1) is 20.6. The van der Waals surface area contributed by atoms with Gasteiger partial charge >= 0.3 is 0 Å². The maximum Gasteiger partial charge on any atom is 0.160 e. The Bertz CT molecular complexity index is 1010. The normalized spacial score (nSPS) is 18.1. The van der Waals surface area contributed by atoms with Crippen LogP contribution in [0.25, 0.3) is 5.65 Å². The second-order valence-corrected chi connectivity index (χ2v) is 9.06. The van der Waals surface area contributed by atoms with Crippen molar-refractivity contribution in [2.75, 3.05) is 27.2 Å². The topological polar surface area (TPSA) is 36.7 Å². The van der Waals surface area contributed by atoms with E-state index in [2.05, 4.69) is 46.4 Å². The molecule has 0 radical (unpaired) electrons. The van der Waals surface area contributed by atoms with Crippen molar-refractivity contribution in [2.24, 2.45) is 0 Å². The van der Waals surface area contributed by atoms with Gasteiger partial charge in [0.1, 0.15) is 0 Å². The lowest BCUT2D eigenvalue weighted by Gasteiger charge is -2.33. The van der Waals surface area contributed by atoms with Gasteiger partial charge in [-0.05, 0) is 64.2 Å². The summed E-state index contributed by atoms with van der Waals surface area (Å²) in [6.07, 6.45) is 4.25. The monoisotopic (exact) mass is 431 g/mol. The summed E-state index contributed by atoms with van der Waals surface area (Å²) in [5.74, 6) is 0.423. The van der Waals surface area contributed by atoms with Gasteiger partial charge in [0.25, 0.3) is 0 Å². The Hall–Kier alpha value is -1.66. The highest BCUT2D eigenvalue weighted by molar-refractivity contribution is 6.35. The first-order chi connectivity index (χ1) is 13.9. The van der Waals surface area contributed by atoms with Crippen LogP contribution < -0.4 is 0 Å². The van der Waals surface area contributed by atoms with E-state index in [-0.39, 0.29) is 0 Å². The first-order valence-electron chi connectivity index (χ1n) is 10.1. The molecule has 0 spiro atoms. The molecule has 0 saturated carbocycles. The van der Waals surface area contributed by atoms with Crippen molar-refractivity contribution in [3.63, 3.8) is 0 Å². The smallest absolute Gasteiger partial charge is 0.160 e. The highest BCUT2D eigenvalue weighted by Crippen LogP contribution is 2.30. The molecule has 0 N–H and O–H groups in total. The SMILES string of the molecule is Cc1nn2c(C3CCCN(Cc4ccc(Cl)cc4Cl)C3)ccnc2c1CN(C)C. The van der Waals surface area contributed by atoms with Gasteiger partial charge in [-0.25, -0.2) is 9.50 Å². The number of nitrogens with zero attached hydrogens (tertiary/aromatic N) is 5. The lowest BCUT2D eigenvalue weighted by molar-refractivity contribution is 0.197. The lowest BCUT2D eigenvalue weighted by atomic mass is 9.94. The van der Waals surface area contributed by atoms with Gasteiger partial charge in [-0.2, -0.15) is 5.10 Å². The third-order valence-corrected chi connectivity index (χ3v) is 6.24. The number of hydrogen-bond donors (Lipinski definition) is 0. The molecule has 0 amide bonds. The standard InChI is InChI=1S/C22H27Cl2N5/c1-15-19(14-27(2)3)22-25-9-8-21(29(22)26-15)17-5-4-10-28(13-17)12-16-6-7-18(23)11-20(16)24/h6-9,11,17H,4-5,10,12-14H2,1-3H3. The molecule has 1 aliphatic heterocycles. The highest BCUT2D eigenvalue weighted by Gasteiger charge is 2.25. The van der Waals surface area contributed by atoms with Crippen LogP contribution in [0, 0.1) is 6.92 Å². The minimum atomic E-state index is 0.423. The number of hydrogen-bond acceptors (Lipinski definition) is 4. The molecule has 1 unspecified atom stereocenters. The fourth-order valence-corrected chi connectivity index (χ4v) is 4.72. The maximum atomic E-state index is 6.40. The van der Waals surface area contributed by atoms with E-state index in [1.54, 1.807) is 0 Å². The summed E-state index contributed by atoms with van der Waals surface area (Å²) in [4.78, 5) is 9.29. The third kappa shape index (κ3) is 4.43. The van der Waals surface area contributed by atoms with E-state index in [1.165, 1.54) is 11.3 Å². The van der Waals surface area contributed by atoms with E-state index >= 15 is 0 Å².